The van der Waals surface area contributed by atoms with Crippen molar-refractivity contribution in [1.29, 1.82) is 0 Å². The third kappa shape index (κ3) is 8.11. The van der Waals surface area contributed by atoms with Crippen molar-refractivity contribution >= 4 is 46.4 Å². The van der Waals surface area contributed by atoms with Crippen LogP contribution in [0.3, 0.4) is 0 Å². The summed E-state index contributed by atoms with van der Waals surface area (Å²) in [5.74, 6) is 1.13. The molecule has 0 saturated carbocycles. The van der Waals surface area contributed by atoms with Gasteiger partial charge in [-0.3, -0.25) is 9.59 Å². The minimum atomic E-state index is -0.885. The number of amides is 3. The van der Waals surface area contributed by atoms with Gasteiger partial charge in [0.25, 0.3) is 11.8 Å². The molecular formula is C48H46N8O6. The summed E-state index contributed by atoms with van der Waals surface area (Å²) in [5.41, 5.74) is 8.98. The molecule has 3 N–H and O–H groups in total. The van der Waals surface area contributed by atoms with Crippen LogP contribution in [0, 0.1) is 0 Å². The maximum Gasteiger partial charge on any atom is 0.407 e. The van der Waals surface area contributed by atoms with Crippen LogP contribution < -0.4 is 5.32 Å². The molecule has 4 heterocycles. The van der Waals surface area contributed by atoms with Crippen LogP contribution in [0.25, 0.3) is 44.3 Å². The summed E-state index contributed by atoms with van der Waals surface area (Å²) in [5, 5.41) is 2.73. The van der Waals surface area contributed by atoms with Gasteiger partial charge in [-0.2, -0.15) is 4.89 Å². The lowest BCUT2D eigenvalue weighted by molar-refractivity contribution is -0.188. The molecular weight excluding hydrogens is 785 g/mol. The van der Waals surface area contributed by atoms with E-state index in [1.165, 1.54) is 14.2 Å². The summed E-state index contributed by atoms with van der Waals surface area (Å²) in [7, 11) is 2.67. The number of hydrogen-bond donors (Lipinski definition) is 3. The maximum atomic E-state index is 14.0. The van der Waals surface area contributed by atoms with Gasteiger partial charge in [-0.1, -0.05) is 97.1 Å². The largest absolute Gasteiger partial charge is 0.453 e. The fourth-order valence-corrected chi connectivity index (χ4v) is 8.70. The van der Waals surface area contributed by atoms with E-state index in [9.17, 15) is 14.4 Å². The van der Waals surface area contributed by atoms with Crippen LogP contribution in [-0.2, 0) is 24.1 Å². The van der Waals surface area contributed by atoms with Crippen molar-refractivity contribution in [3.63, 3.8) is 0 Å². The fourth-order valence-electron chi connectivity index (χ4n) is 8.70. The second-order valence-corrected chi connectivity index (χ2v) is 15.5. The van der Waals surface area contributed by atoms with E-state index in [2.05, 4.69) is 73.7 Å². The highest BCUT2D eigenvalue weighted by molar-refractivity contribution is 5.89. The Morgan fingerprint density at radius 2 is 1.18 bits per heavy atom. The first-order chi connectivity index (χ1) is 30.4. The number of aromatic nitrogens is 4. The second-order valence-electron chi connectivity index (χ2n) is 15.5. The monoisotopic (exact) mass is 830 g/mol. The van der Waals surface area contributed by atoms with Crippen LogP contribution in [0.5, 0.6) is 0 Å². The summed E-state index contributed by atoms with van der Waals surface area (Å²) in [6.07, 6.45) is 3.70. The van der Waals surface area contributed by atoms with Crippen molar-refractivity contribution in [2.24, 2.45) is 4.99 Å². The van der Waals surface area contributed by atoms with Gasteiger partial charge in [0.2, 0.25) is 6.40 Å². The molecule has 0 radical (unpaired) electrons. The number of benzene rings is 5. The lowest BCUT2D eigenvalue weighted by atomic mass is 10.00. The number of nitrogens with zero attached hydrogens (tertiary/aromatic N) is 5. The Labute approximate surface area is 357 Å². The predicted molar refractivity (Wildman–Crippen MR) is 234 cm³/mol. The number of imidazole rings is 2. The average Bonchev–Trinajstić information content (AvgIpc) is 4.15. The van der Waals surface area contributed by atoms with Gasteiger partial charge in [0.1, 0.15) is 17.7 Å². The molecule has 5 aromatic carbocycles. The molecule has 0 unspecified atom stereocenters. The molecule has 0 bridgehead atoms. The maximum absolute atomic E-state index is 14.0. The van der Waals surface area contributed by atoms with Crippen LogP contribution >= 0.6 is 0 Å². The van der Waals surface area contributed by atoms with Gasteiger partial charge in [0.05, 0.1) is 48.4 Å². The Balaban J connectivity index is 0.909. The summed E-state index contributed by atoms with van der Waals surface area (Å²) in [6.45, 7) is 1.15. The van der Waals surface area contributed by atoms with E-state index in [4.69, 9.17) is 19.6 Å². The van der Waals surface area contributed by atoms with Crippen LogP contribution in [0.2, 0.25) is 0 Å². The number of methoxy groups -OCH3 is 1. The van der Waals surface area contributed by atoms with E-state index >= 15 is 0 Å². The molecule has 62 heavy (non-hydrogen) atoms. The van der Waals surface area contributed by atoms with E-state index < -0.39 is 18.2 Å². The molecule has 9 rings (SSSR count). The number of rotatable bonds is 12. The number of alkyl carbamates (subject to hydrolysis) is 1. The average molecular weight is 831 g/mol. The molecule has 14 heteroatoms. The highest BCUT2D eigenvalue weighted by Crippen LogP contribution is 2.37. The zero-order valence-corrected chi connectivity index (χ0v) is 34.4. The van der Waals surface area contributed by atoms with Gasteiger partial charge < -0.3 is 34.7 Å². The normalized spacial score (nSPS) is 17.5. The minimum Gasteiger partial charge on any atom is -0.453 e. The number of carbonyl (C=O) groups is 3. The zero-order valence-electron chi connectivity index (χ0n) is 34.4. The van der Waals surface area contributed by atoms with Crippen LogP contribution in [0.15, 0.2) is 126 Å². The number of carbonyl (C=O) groups excluding carboxylic acids is 3. The molecule has 314 valence electrons. The summed E-state index contributed by atoms with van der Waals surface area (Å²) in [6, 6.07) is 37.3. The van der Waals surface area contributed by atoms with Crippen LogP contribution in [0.4, 0.5) is 4.79 Å². The highest BCUT2D eigenvalue weighted by Gasteiger charge is 2.38. The Kier molecular flexibility index (Phi) is 11.5. The van der Waals surface area contributed by atoms with E-state index in [1.807, 2.05) is 77.7 Å². The number of ether oxygens (including phenoxy) is 1. The Morgan fingerprint density at radius 1 is 0.677 bits per heavy atom. The van der Waals surface area contributed by atoms with Gasteiger partial charge in [0.15, 0.2) is 6.04 Å². The zero-order chi connectivity index (χ0) is 42.6. The van der Waals surface area contributed by atoms with E-state index in [0.717, 1.165) is 87.8 Å². The van der Waals surface area contributed by atoms with Crippen molar-refractivity contribution in [3.8, 4) is 22.3 Å². The van der Waals surface area contributed by atoms with Crippen molar-refractivity contribution in [1.82, 2.24) is 35.1 Å². The SMILES string of the molecule is COO/C=N/[C@@H](C(=O)N1CCC[C@H]1c1nc2cc(-c3ccc(-c4ccc5[nH]c([C@@H]6CCCN6C(=O)[C@H](NC(=O)OC)c6ccccc6)nc5c4)cc3)ccc2[nH]1)c1ccccc1. The van der Waals surface area contributed by atoms with Gasteiger partial charge in [-0.25, -0.2) is 19.8 Å². The molecule has 14 nitrogen and oxygen atoms in total. The summed E-state index contributed by atoms with van der Waals surface area (Å²) >= 11 is 0. The first kappa shape index (κ1) is 40.1. The van der Waals surface area contributed by atoms with Crippen LogP contribution in [-0.4, -0.2) is 81.4 Å². The molecule has 2 aliphatic rings. The lowest BCUT2D eigenvalue weighted by Gasteiger charge is -2.28. The van der Waals surface area contributed by atoms with Crippen molar-refractivity contribution in [2.75, 3.05) is 27.3 Å². The summed E-state index contributed by atoms with van der Waals surface area (Å²) < 4.78 is 4.85. The number of aromatic amines is 2. The number of nitrogens with one attached hydrogen (secondary N) is 3. The molecule has 7 aromatic rings. The Bertz CT molecular complexity index is 2740. The highest BCUT2D eigenvalue weighted by atomic mass is 17.2. The molecule has 2 aromatic heterocycles. The molecule has 2 aliphatic heterocycles. The molecule has 4 atom stereocenters. The molecule has 2 saturated heterocycles. The number of hydrogen-bond acceptors (Lipinski definition) is 9. The van der Waals surface area contributed by atoms with Gasteiger partial charge in [-0.15, -0.1) is 0 Å². The molecule has 3 amide bonds. The van der Waals surface area contributed by atoms with Crippen molar-refractivity contribution in [2.45, 2.75) is 49.9 Å². The van der Waals surface area contributed by atoms with Crippen LogP contribution in [0.1, 0.15) is 72.6 Å². The number of H-pyrrole nitrogens is 2. The van der Waals surface area contributed by atoms with E-state index in [1.54, 1.807) is 4.90 Å². The quantitative estimate of drug-likeness (QED) is 0.0477. The third-order valence-corrected chi connectivity index (χ3v) is 11.8. The van der Waals surface area contributed by atoms with Crippen molar-refractivity contribution in [3.05, 3.63) is 144 Å². The fraction of sp³-hybridized carbons (Fsp3) is 0.250. The summed E-state index contributed by atoms with van der Waals surface area (Å²) in [4.78, 5) is 74.9. The van der Waals surface area contributed by atoms with Gasteiger partial charge in [0, 0.05) is 13.1 Å². The van der Waals surface area contributed by atoms with Crippen molar-refractivity contribution < 1.29 is 28.9 Å². The third-order valence-electron chi connectivity index (χ3n) is 11.8. The van der Waals surface area contributed by atoms with E-state index in [-0.39, 0.29) is 23.9 Å². The Hall–Kier alpha value is -7.32. The molecule has 2 fully saturated rings. The first-order valence-electron chi connectivity index (χ1n) is 20.7. The smallest absolute Gasteiger partial charge is 0.407 e. The topological polar surface area (TPSA) is 167 Å². The van der Waals surface area contributed by atoms with Gasteiger partial charge >= 0.3 is 6.09 Å². The minimum absolute atomic E-state index is 0.126. The lowest BCUT2D eigenvalue weighted by Crippen LogP contribution is -2.42. The van der Waals surface area contributed by atoms with E-state index in [0.29, 0.717) is 24.5 Å². The first-order valence-corrected chi connectivity index (χ1v) is 20.7. The predicted octanol–water partition coefficient (Wildman–Crippen LogP) is 8.55. The Morgan fingerprint density at radius 3 is 1.69 bits per heavy atom. The standard InChI is InChI=1S/C48H46N8O6/c1-60-48(59)54-43(33-13-7-4-8-14-33)47(58)56-26-10-16-41(56)45-51-37-24-22-35(28-39(37)53-45)31-19-17-30(18-20-31)34-21-23-36-38(27-34)52-44(50-36)40-15-9-25-55(40)46(57)42(49-29-62-61-2)32-11-5-3-6-12-32/h3-8,11-14,17-24,27-29,40-43H,9-10,15-16,25-26H2,1-2H3,(H,50,52)(H,51,53)(H,54,59)/b49-29+/t40-,41-,42+,43+/m0/s1. The number of aliphatic imine (C=N–C) groups is 1. The molecule has 0 aliphatic carbocycles. The second kappa shape index (κ2) is 17.7. The molecule has 0 spiro atoms. The number of fused-ring (bicyclic) bond motifs is 2. The number of likely N-dealkylation sites (tertiary alicyclic amines) is 2. The van der Waals surface area contributed by atoms with Gasteiger partial charge in [-0.05, 0) is 83.3 Å².